The maximum absolute atomic E-state index is 6.48. The van der Waals surface area contributed by atoms with Gasteiger partial charge in [-0.05, 0) is 31.1 Å². The Morgan fingerprint density at radius 2 is 2.00 bits per heavy atom. The van der Waals surface area contributed by atoms with Crippen LogP contribution in [0, 0.1) is 11.8 Å². The lowest BCUT2D eigenvalue weighted by Gasteiger charge is -2.42. The van der Waals surface area contributed by atoms with Gasteiger partial charge >= 0.3 is 0 Å². The van der Waals surface area contributed by atoms with E-state index in [1.165, 1.54) is 38.5 Å². The van der Waals surface area contributed by atoms with Crippen molar-refractivity contribution in [2.24, 2.45) is 17.6 Å². The lowest BCUT2D eigenvalue weighted by molar-refractivity contribution is 0.148. The summed E-state index contributed by atoms with van der Waals surface area (Å²) in [6.45, 7) is 6.93. The molecule has 3 atom stereocenters. The van der Waals surface area contributed by atoms with E-state index in [4.69, 9.17) is 5.73 Å². The molecule has 0 bridgehead atoms. The minimum atomic E-state index is 0.160. The lowest BCUT2D eigenvalue weighted by Crippen LogP contribution is -2.49. The Labute approximate surface area is 83.1 Å². The number of nitrogens with two attached hydrogens (primary N) is 1. The molecule has 0 amide bonds. The molecule has 1 heteroatoms. The Bertz CT molecular complexity index is 155. The Morgan fingerprint density at radius 3 is 2.62 bits per heavy atom. The van der Waals surface area contributed by atoms with E-state index in [1.807, 2.05) is 0 Å². The van der Waals surface area contributed by atoms with E-state index in [0.29, 0.717) is 0 Å². The van der Waals surface area contributed by atoms with Crippen molar-refractivity contribution in [3.05, 3.63) is 0 Å². The first kappa shape index (κ1) is 11.0. The zero-order valence-electron chi connectivity index (χ0n) is 9.47. The highest BCUT2D eigenvalue weighted by atomic mass is 14.8. The van der Waals surface area contributed by atoms with Crippen molar-refractivity contribution in [2.75, 3.05) is 0 Å². The molecule has 0 saturated heterocycles. The van der Waals surface area contributed by atoms with Crippen LogP contribution < -0.4 is 5.73 Å². The first-order chi connectivity index (χ1) is 6.08. The summed E-state index contributed by atoms with van der Waals surface area (Å²) in [6.07, 6.45) is 7.77. The molecule has 1 aliphatic rings. The third-order valence-corrected chi connectivity index (χ3v) is 3.80. The lowest BCUT2D eigenvalue weighted by atomic mass is 9.68. The number of rotatable bonds is 3. The van der Waals surface area contributed by atoms with Gasteiger partial charge in [-0.1, -0.05) is 40.0 Å². The van der Waals surface area contributed by atoms with Crippen LogP contribution >= 0.6 is 0 Å². The fourth-order valence-corrected chi connectivity index (χ4v) is 2.63. The minimum Gasteiger partial charge on any atom is -0.325 e. The molecule has 78 valence electrons. The van der Waals surface area contributed by atoms with Crippen LogP contribution in [0.15, 0.2) is 0 Å². The summed E-state index contributed by atoms with van der Waals surface area (Å²) in [5.74, 6) is 1.58. The molecule has 0 spiro atoms. The Hall–Kier alpha value is -0.0400. The van der Waals surface area contributed by atoms with Crippen LogP contribution in [0.5, 0.6) is 0 Å². The van der Waals surface area contributed by atoms with Gasteiger partial charge in [0, 0.05) is 5.54 Å². The molecule has 0 heterocycles. The van der Waals surface area contributed by atoms with Crippen molar-refractivity contribution in [2.45, 2.75) is 64.8 Å². The van der Waals surface area contributed by atoms with Gasteiger partial charge in [0.05, 0.1) is 0 Å². The van der Waals surface area contributed by atoms with E-state index < -0.39 is 0 Å². The van der Waals surface area contributed by atoms with Crippen LogP contribution in [0.2, 0.25) is 0 Å². The zero-order valence-corrected chi connectivity index (χ0v) is 9.47. The Morgan fingerprint density at radius 1 is 1.31 bits per heavy atom. The van der Waals surface area contributed by atoms with Crippen molar-refractivity contribution in [1.82, 2.24) is 0 Å². The van der Waals surface area contributed by atoms with E-state index in [-0.39, 0.29) is 5.54 Å². The van der Waals surface area contributed by atoms with Gasteiger partial charge in [0.25, 0.3) is 0 Å². The summed E-state index contributed by atoms with van der Waals surface area (Å²) >= 11 is 0. The van der Waals surface area contributed by atoms with Crippen molar-refractivity contribution in [3.63, 3.8) is 0 Å². The average molecular weight is 183 g/mol. The van der Waals surface area contributed by atoms with E-state index in [0.717, 1.165) is 11.8 Å². The van der Waals surface area contributed by atoms with Crippen LogP contribution in [-0.4, -0.2) is 5.54 Å². The largest absolute Gasteiger partial charge is 0.325 e. The normalized spacial score (nSPS) is 40.6. The summed E-state index contributed by atoms with van der Waals surface area (Å²) in [6, 6.07) is 0. The molecule has 0 aliphatic heterocycles. The first-order valence-corrected chi connectivity index (χ1v) is 5.87. The number of unbranched alkanes of at least 4 members (excludes halogenated alkanes) is 1. The highest BCUT2D eigenvalue weighted by Gasteiger charge is 2.36. The van der Waals surface area contributed by atoms with Gasteiger partial charge in [0.2, 0.25) is 0 Å². The predicted molar refractivity (Wildman–Crippen MR) is 58.6 cm³/mol. The van der Waals surface area contributed by atoms with Gasteiger partial charge in [-0.2, -0.15) is 0 Å². The number of hydrogen-bond acceptors (Lipinski definition) is 1. The third kappa shape index (κ3) is 2.70. The highest BCUT2D eigenvalue weighted by Crippen LogP contribution is 2.38. The second-order valence-corrected chi connectivity index (χ2v) is 5.12. The predicted octanol–water partition coefficient (Wildman–Crippen LogP) is 3.33. The van der Waals surface area contributed by atoms with E-state index in [2.05, 4.69) is 20.8 Å². The van der Waals surface area contributed by atoms with Crippen LogP contribution in [-0.2, 0) is 0 Å². The smallest absolute Gasteiger partial charge is 0.0182 e. The van der Waals surface area contributed by atoms with Crippen LogP contribution in [0.25, 0.3) is 0 Å². The SMILES string of the molecule is CCCCC1(N)CC(C)CCC1C. The maximum atomic E-state index is 6.48. The van der Waals surface area contributed by atoms with Crippen molar-refractivity contribution in [3.8, 4) is 0 Å². The standard InChI is InChI=1S/C12H25N/c1-4-5-8-12(13)9-10(2)6-7-11(12)3/h10-11H,4-9,13H2,1-3H3. The fourth-order valence-electron chi connectivity index (χ4n) is 2.63. The van der Waals surface area contributed by atoms with Crippen molar-refractivity contribution < 1.29 is 0 Å². The molecule has 1 nitrogen and oxygen atoms in total. The molecule has 0 aromatic heterocycles. The number of hydrogen-bond donors (Lipinski definition) is 1. The minimum absolute atomic E-state index is 0.160. The van der Waals surface area contributed by atoms with Crippen molar-refractivity contribution in [1.29, 1.82) is 0 Å². The van der Waals surface area contributed by atoms with Gasteiger partial charge in [0.15, 0.2) is 0 Å². The molecule has 13 heavy (non-hydrogen) atoms. The molecule has 1 aliphatic carbocycles. The first-order valence-electron chi connectivity index (χ1n) is 5.87. The summed E-state index contributed by atoms with van der Waals surface area (Å²) in [5.41, 5.74) is 6.64. The van der Waals surface area contributed by atoms with Crippen LogP contribution in [0.4, 0.5) is 0 Å². The molecular formula is C12H25N. The molecule has 1 fully saturated rings. The van der Waals surface area contributed by atoms with Gasteiger partial charge in [-0.25, -0.2) is 0 Å². The van der Waals surface area contributed by atoms with Crippen molar-refractivity contribution >= 4 is 0 Å². The van der Waals surface area contributed by atoms with E-state index in [1.54, 1.807) is 0 Å². The van der Waals surface area contributed by atoms with E-state index in [9.17, 15) is 0 Å². The molecule has 1 rings (SSSR count). The van der Waals surface area contributed by atoms with Gasteiger partial charge in [-0.15, -0.1) is 0 Å². The second-order valence-electron chi connectivity index (χ2n) is 5.12. The highest BCUT2D eigenvalue weighted by molar-refractivity contribution is 4.93. The van der Waals surface area contributed by atoms with E-state index >= 15 is 0 Å². The van der Waals surface area contributed by atoms with Gasteiger partial charge in [0.1, 0.15) is 0 Å². The fraction of sp³-hybridized carbons (Fsp3) is 1.00. The molecule has 2 N–H and O–H groups in total. The molecule has 0 radical (unpaired) electrons. The summed E-state index contributed by atoms with van der Waals surface area (Å²) in [4.78, 5) is 0. The summed E-state index contributed by atoms with van der Waals surface area (Å²) in [7, 11) is 0. The maximum Gasteiger partial charge on any atom is 0.0182 e. The Kier molecular flexibility index (Phi) is 3.78. The van der Waals surface area contributed by atoms with Crippen LogP contribution in [0.1, 0.15) is 59.3 Å². The van der Waals surface area contributed by atoms with Gasteiger partial charge < -0.3 is 5.73 Å². The van der Waals surface area contributed by atoms with Gasteiger partial charge in [-0.3, -0.25) is 0 Å². The quantitative estimate of drug-likeness (QED) is 0.713. The summed E-state index contributed by atoms with van der Waals surface area (Å²) in [5, 5.41) is 0. The monoisotopic (exact) mass is 183 g/mol. The molecule has 1 saturated carbocycles. The molecule has 3 unspecified atom stereocenters. The molecule has 0 aromatic rings. The molecular weight excluding hydrogens is 158 g/mol. The third-order valence-electron chi connectivity index (χ3n) is 3.80. The Balaban J connectivity index is 2.50. The summed E-state index contributed by atoms with van der Waals surface area (Å²) < 4.78 is 0. The zero-order chi connectivity index (χ0) is 9.90. The molecule has 0 aromatic carbocycles. The average Bonchev–Trinajstić information content (AvgIpc) is 2.09. The van der Waals surface area contributed by atoms with Crippen LogP contribution in [0.3, 0.4) is 0 Å². The second kappa shape index (κ2) is 4.45. The topological polar surface area (TPSA) is 26.0 Å².